The molecule has 0 radical (unpaired) electrons. The largest absolute Gasteiger partial charge is 0.421 e. The van der Waals surface area contributed by atoms with Crippen molar-refractivity contribution in [3.63, 3.8) is 0 Å². The maximum Gasteiger partial charge on any atom is 0.253 e. The molecule has 2 aromatic rings. The minimum atomic E-state index is 0.0733. The van der Waals surface area contributed by atoms with Gasteiger partial charge in [0.2, 0.25) is 11.8 Å². The Morgan fingerprint density at radius 2 is 2.00 bits per heavy atom. The fourth-order valence-corrected chi connectivity index (χ4v) is 4.18. The van der Waals surface area contributed by atoms with Gasteiger partial charge in [0, 0.05) is 36.4 Å². The Labute approximate surface area is 140 Å². The first kappa shape index (κ1) is 16.1. The van der Waals surface area contributed by atoms with E-state index in [1.807, 2.05) is 48.0 Å². The van der Waals surface area contributed by atoms with Gasteiger partial charge in [-0.2, -0.15) is 11.8 Å². The molecule has 2 atom stereocenters. The van der Waals surface area contributed by atoms with Gasteiger partial charge in [-0.15, -0.1) is 10.2 Å². The topological polar surface area (TPSA) is 59.2 Å². The Morgan fingerprint density at radius 3 is 2.61 bits per heavy atom. The molecule has 1 aliphatic carbocycles. The first-order valence-electron chi connectivity index (χ1n) is 7.80. The van der Waals surface area contributed by atoms with E-state index in [2.05, 4.69) is 16.5 Å². The summed E-state index contributed by atoms with van der Waals surface area (Å²) in [4.78, 5) is 14.6. The summed E-state index contributed by atoms with van der Waals surface area (Å²) in [5.74, 6) is 1.08. The lowest BCUT2D eigenvalue weighted by atomic mass is 10.1. The van der Waals surface area contributed by atoms with Crippen LogP contribution in [0.15, 0.2) is 28.7 Å². The second-order valence-corrected chi connectivity index (χ2v) is 6.97. The van der Waals surface area contributed by atoms with E-state index in [1.165, 1.54) is 12.8 Å². The van der Waals surface area contributed by atoms with Crippen LogP contribution in [0.25, 0.3) is 11.5 Å². The van der Waals surface area contributed by atoms with Gasteiger partial charge in [-0.1, -0.05) is 6.42 Å². The molecule has 0 N–H and O–H groups in total. The summed E-state index contributed by atoms with van der Waals surface area (Å²) in [6, 6.07) is 7.70. The number of aryl methyl sites for hydroxylation is 1. The molecular weight excluding hydrogens is 310 g/mol. The van der Waals surface area contributed by atoms with Crippen LogP contribution in [-0.4, -0.2) is 45.6 Å². The third-order valence-electron chi connectivity index (χ3n) is 4.44. The molecular formula is C17H21N3O2S. The first-order chi connectivity index (χ1) is 11.1. The van der Waals surface area contributed by atoms with Crippen molar-refractivity contribution >= 4 is 17.7 Å². The number of hydrogen-bond donors (Lipinski definition) is 0. The highest BCUT2D eigenvalue weighted by Gasteiger charge is 2.32. The second-order valence-electron chi connectivity index (χ2n) is 5.89. The molecule has 1 aliphatic rings. The van der Waals surface area contributed by atoms with E-state index in [9.17, 15) is 4.79 Å². The first-order valence-corrected chi connectivity index (χ1v) is 9.09. The Balaban J connectivity index is 1.75. The van der Waals surface area contributed by atoms with Crippen LogP contribution in [0.1, 0.15) is 35.5 Å². The highest BCUT2D eigenvalue weighted by molar-refractivity contribution is 7.99. The highest BCUT2D eigenvalue weighted by Crippen LogP contribution is 2.32. The van der Waals surface area contributed by atoms with Crippen LogP contribution in [0.3, 0.4) is 0 Å². The van der Waals surface area contributed by atoms with Gasteiger partial charge in [0.1, 0.15) is 0 Å². The molecule has 6 heteroatoms. The summed E-state index contributed by atoms with van der Waals surface area (Å²) in [7, 11) is 1.91. The van der Waals surface area contributed by atoms with Gasteiger partial charge in [0.25, 0.3) is 5.91 Å². The van der Waals surface area contributed by atoms with Gasteiger partial charge in [0.05, 0.1) is 0 Å². The molecule has 1 amide bonds. The number of hydrogen-bond acceptors (Lipinski definition) is 5. The van der Waals surface area contributed by atoms with Crippen molar-refractivity contribution in [3.05, 3.63) is 35.7 Å². The van der Waals surface area contributed by atoms with Gasteiger partial charge < -0.3 is 9.32 Å². The van der Waals surface area contributed by atoms with E-state index in [1.54, 1.807) is 6.92 Å². The fraction of sp³-hybridized carbons (Fsp3) is 0.471. The predicted molar refractivity (Wildman–Crippen MR) is 91.5 cm³/mol. The average molecular weight is 331 g/mol. The number of nitrogens with zero attached hydrogens (tertiary/aromatic N) is 3. The molecule has 23 heavy (non-hydrogen) atoms. The molecule has 1 fully saturated rings. The van der Waals surface area contributed by atoms with Crippen LogP contribution in [0.4, 0.5) is 0 Å². The summed E-state index contributed by atoms with van der Waals surface area (Å²) in [5.41, 5.74) is 1.52. The molecule has 122 valence electrons. The smallest absolute Gasteiger partial charge is 0.253 e. The number of benzene rings is 1. The van der Waals surface area contributed by atoms with Crippen LogP contribution in [0.5, 0.6) is 0 Å². The normalized spacial score (nSPS) is 20.7. The van der Waals surface area contributed by atoms with Crippen molar-refractivity contribution in [2.75, 3.05) is 13.3 Å². The van der Waals surface area contributed by atoms with E-state index in [0.29, 0.717) is 28.6 Å². The van der Waals surface area contributed by atoms with Crippen LogP contribution < -0.4 is 0 Å². The Morgan fingerprint density at radius 1 is 1.26 bits per heavy atom. The van der Waals surface area contributed by atoms with Gasteiger partial charge >= 0.3 is 0 Å². The Kier molecular flexibility index (Phi) is 4.71. The molecule has 0 saturated heterocycles. The van der Waals surface area contributed by atoms with Crippen LogP contribution in [0, 0.1) is 6.92 Å². The highest BCUT2D eigenvalue weighted by atomic mass is 32.2. The maximum absolute atomic E-state index is 12.7. The summed E-state index contributed by atoms with van der Waals surface area (Å²) >= 11 is 1.86. The SMILES string of the molecule is CS[C@H]1CCC[C@@H]1N(C)C(=O)c1ccc(-c2nnc(C)o2)cc1. The third-order valence-corrected chi connectivity index (χ3v) is 5.60. The van der Waals surface area contributed by atoms with Gasteiger partial charge in [0.15, 0.2) is 0 Å². The Bertz CT molecular complexity index is 683. The molecule has 5 nitrogen and oxygen atoms in total. The number of carbonyl (C=O) groups is 1. The lowest BCUT2D eigenvalue weighted by molar-refractivity contribution is 0.0738. The summed E-state index contributed by atoms with van der Waals surface area (Å²) in [5, 5.41) is 8.37. The molecule has 1 saturated carbocycles. The lowest BCUT2D eigenvalue weighted by Crippen LogP contribution is -2.40. The zero-order chi connectivity index (χ0) is 16.4. The van der Waals surface area contributed by atoms with Crippen molar-refractivity contribution in [2.24, 2.45) is 0 Å². The summed E-state index contributed by atoms with van der Waals surface area (Å²) < 4.78 is 5.41. The van der Waals surface area contributed by atoms with Crippen molar-refractivity contribution in [3.8, 4) is 11.5 Å². The van der Waals surface area contributed by atoms with E-state index in [4.69, 9.17) is 4.42 Å². The van der Waals surface area contributed by atoms with Crippen LogP contribution in [-0.2, 0) is 0 Å². The average Bonchev–Trinajstić information content (AvgIpc) is 3.22. The van der Waals surface area contributed by atoms with Crippen molar-refractivity contribution in [1.82, 2.24) is 15.1 Å². The summed E-state index contributed by atoms with van der Waals surface area (Å²) in [6.07, 6.45) is 5.61. The molecule has 1 aromatic heterocycles. The number of aromatic nitrogens is 2. The van der Waals surface area contributed by atoms with E-state index >= 15 is 0 Å². The standard InChI is InChI=1S/C17H21N3O2S/c1-11-18-19-16(22-11)12-7-9-13(10-8-12)17(21)20(2)14-5-4-6-15(14)23-3/h7-10,14-15H,4-6H2,1-3H3/t14-,15-/m0/s1. The third kappa shape index (κ3) is 3.27. The monoisotopic (exact) mass is 331 g/mol. The van der Waals surface area contributed by atoms with E-state index in [-0.39, 0.29) is 5.91 Å². The minimum Gasteiger partial charge on any atom is -0.421 e. The van der Waals surface area contributed by atoms with Crippen LogP contribution >= 0.6 is 11.8 Å². The predicted octanol–water partition coefficient (Wildman–Crippen LogP) is 3.40. The maximum atomic E-state index is 12.7. The number of carbonyl (C=O) groups excluding carboxylic acids is 1. The number of amides is 1. The second kappa shape index (κ2) is 6.74. The van der Waals surface area contributed by atoms with Gasteiger partial charge in [-0.3, -0.25) is 4.79 Å². The molecule has 0 bridgehead atoms. The summed E-state index contributed by atoms with van der Waals surface area (Å²) in [6.45, 7) is 1.76. The molecule has 1 heterocycles. The lowest BCUT2D eigenvalue weighted by Gasteiger charge is -2.29. The van der Waals surface area contributed by atoms with Gasteiger partial charge in [-0.25, -0.2) is 0 Å². The fourth-order valence-electron chi connectivity index (χ4n) is 3.15. The van der Waals surface area contributed by atoms with Gasteiger partial charge in [-0.05, 0) is 43.4 Å². The molecule has 3 rings (SSSR count). The molecule has 0 unspecified atom stereocenters. The van der Waals surface area contributed by atoms with Crippen molar-refractivity contribution < 1.29 is 9.21 Å². The molecule has 0 spiro atoms. The van der Waals surface area contributed by atoms with Crippen molar-refractivity contribution in [2.45, 2.75) is 37.5 Å². The minimum absolute atomic E-state index is 0.0733. The molecule has 0 aliphatic heterocycles. The van der Waals surface area contributed by atoms with Crippen LogP contribution in [0.2, 0.25) is 0 Å². The Hall–Kier alpha value is -1.82. The quantitative estimate of drug-likeness (QED) is 0.859. The van der Waals surface area contributed by atoms with E-state index < -0.39 is 0 Å². The zero-order valence-corrected chi connectivity index (χ0v) is 14.5. The molecule has 1 aromatic carbocycles. The van der Waals surface area contributed by atoms with Crippen molar-refractivity contribution in [1.29, 1.82) is 0 Å². The van der Waals surface area contributed by atoms with E-state index in [0.717, 1.165) is 12.0 Å². The number of rotatable bonds is 4. The number of thioether (sulfide) groups is 1. The zero-order valence-electron chi connectivity index (χ0n) is 13.7.